The SMILES string of the molecule is Cc1nnc(N2C(=O)c3ccc(C(=O)c4cccc([N+](=O)[O-])c4)cc3C2=O)s1. The van der Waals surface area contributed by atoms with E-state index in [0.29, 0.717) is 5.01 Å². The van der Waals surface area contributed by atoms with Crippen LogP contribution in [-0.2, 0) is 0 Å². The van der Waals surface area contributed by atoms with Gasteiger partial charge in [-0.3, -0.25) is 24.5 Å². The molecule has 1 aliphatic rings. The quantitative estimate of drug-likeness (QED) is 0.288. The summed E-state index contributed by atoms with van der Waals surface area (Å²) >= 11 is 1.11. The van der Waals surface area contributed by atoms with Crippen molar-refractivity contribution < 1.29 is 19.3 Å². The van der Waals surface area contributed by atoms with Crippen molar-refractivity contribution in [3.05, 3.63) is 79.8 Å². The molecular formula is C18H10N4O5S. The van der Waals surface area contributed by atoms with E-state index < -0.39 is 22.5 Å². The Morgan fingerprint density at radius 1 is 1.04 bits per heavy atom. The predicted molar refractivity (Wildman–Crippen MR) is 98.8 cm³/mol. The number of aryl methyl sites for hydroxylation is 1. The van der Waals surface area contributed by atoms with Gasteiger partial charge in [-0.25, -0.2) is 4.90 Å². The molecule has 138 valence electrons. The van der Waals surface area contributed by atoms with Crippen molar-refractivity contribution in [3.63, 3.8) is 0 Å². The number of amides is 2. The third-order valence-electron chi connectivity index (χ3n) is 4.17. The number of imide groups is 1. The largest absolute Gasteiger partial charge is 0.289 e. The van der Waals surface area contributed by atoms with E-state index in [2.05, 4.69) is 10.2 Å². The van der Waals surface area contributed by atoms with Gasteiger partial charge in [0.1, 0.15) is 5.01 Å². The van der Waals surface area contributed by atoms with Crippen LogP contribution >= 0.6 is 11.3 Å². The molecule has 0 saturated heterocycles. The van der Waals surface area contributed by atoms with Crippen molar-refractivity contribution >= 4 is 39.8 Å². The summed E-state index contributed by atoms with van der Waals surface area (Å²) in [5.41, 5.74) is 0.289. The summed E-state index contributed by atoms with van der Waals surface area (Å²) in [5.74, 6) is -1.62. The highest BCUT2D eigenvalue weighted by molar-refractivity contribution is 7.15. The maximum absolute atomic E-state index is 12.7. The van der Waals surface area contributed by atoms with E-state index in [1.165, 1.54) is 42.5 Å². The number of ketones is 1. The van der Waals surface area contributed by atoms with Crippen LogP contribution in [0.5, 0.6) is 0 Å². The first kappa shape index (κ1) is 17.6. The van der Waals surface area contributed by atoms with Crippen LogP contribution in [0.1, 0.15) is 41.6 Å². The third kappa shape index (κ3) is 2.76. The maximum atomic E-state index is 12.7. The molecule has 0 aliphatic carbocycles. The predicted octanol–water partition coefficient (Wildman–Crippen LogP) is 2.79. The van der Waals surface area contributed by atoms with Crippen LogP contribution in [0.3, 0.4) is 0 Å². The van der Waals surface area contributed by atoms with Crippen molar-refractivity contribution in [2.45, 2.75) is 6.92 Å². The third-order valence-corrected chi connectivity index (χ3v) is 5.00. The second kappa shape index (κ2) is 6.43. The fourth-order valence-electron chi connectivity index (χ4n) is 2.86. The maximum Gasteiger partial charge on any atom is 0.270 e. The van der Waals surface area contributed by atoms with E-state index >= 15 is 0 Å². The van der Waals surface area contributed by atoms with E-state index in [4.69, 9.17) is 0 Å². The van der Waals surface area contributed by atoms with Gasteiger partial charge in [0.2, 0.25) is 5.13 Å². The highest BCUT2D eigenvalue weighted by Crippen LogP contribution is 2.31. The van der Waals surface area contributed by atoms with Gasteiger partial charge in [-0.1, -0.05) is 29.5 Å². The number of carbonyl (C=O) groups excluding carboxylic acids is 3. The van der Waals surface area contributed by atoms with Crippen molar-refractivity contribution in [1.82, 2.24) is 10.2 Å². The molecule has 2 amide bonds. The fourth-order valence-corrected chi connectivity index (χ4v) is 3.54. The summed E-state index contributed by atoms with van der Waals surface area (Å²) in [7, 11) is 0. The van der Waals surface area contributed by atoms with Gasteiger partial charge in [0.25, 0.3) is 17.5 Å². The van der Waals surface area contributed by atoms with Crippen LogP contribution < -0.4 is 4.90 Å². The van der Waals surface area contributed by atoms with Gasteiger partial charge in [-0.15, -0.1) is 10.2 Å². The molecule has 1 aromatic heterocycles. The number of carbonyl (C=O) groups is 3. The normalized spacial score (nSPS) is 13.0. The average molecular weight is 394 g/mol. The Bertz CT molecular complexity index is 1190. The average Bonchev–Trinajstić information content (AvgIpc) is 3.22. The number of fused-ring (bicyclic) bond motifs is 1. The molecule has 2 heterocycles. The topological polar surface area (TPSA) is 123 Å². The van der Waals surface area contributed by atoms with Crippen LogP contribution in [0.4, 0.5) is 10.8 Å². The first-order valence-electron chi connectivity index (χ1n) is 7.99. The van der Waals surface area contributed by atoms with Gasteiger partial charge in [0, 0.05) is 23.3 Å². The Hall–Kier alpha value is -3.79. The monoisotopic (exact) mass is 394 g/mol. The Balaban J connectivity index is 1.71. The number of aromatic nitrogens is 2. The van der Waals surface area contributed by atoms with E-state index in [-0.39, 0.29) is 33.1 Å². The molecule has 0 saturated carbocycles. The lowest BCUT2D eigenvalue weighted by molar-refractivity contribution is -0.384. The van der Waals surface area contributed by atoms with Crippen LogP contribution in [-0.4, -0.2) is 32.7 Å². The molecule has 0 radical (unpaired) electrons. The zero-order chi connectivity index (χ0) is 20.0. The number of non-ortho nitro benzene ring substituents is 1. The summed E-state index contributed by atoms with van der Waals surface area (Å²) in [6.07, 6.45) is 0. The zero-order valence-corrected chi connectivity index (χ0v) is 15.1. The van der Waals surface area contributed by atoms with Gasteiger partial charge in [0.15, 0.2) is 5.78 Å². The summed E-state index contributed by atoms with van der Waals surface area (Å²) in [6.45, 7) is 1.70. The number of nitrogens with zero attached hydrogens (tertiary/aromatic N) is 4. The smallest absolute Gasteiger partial charge is 0.270 e. The lowest BCUT2D eigenvalue weighted by atomic mass is 9.99. The number of hydrogen-bond donors (Lipinski definition) is 0. The molecule has 0 unspecified atom stereocenters. The molecule has 0 N–H and O–H groups in total. The molecular weight excluding hydrogens is 384 g/mol. The molecule has 2 aromatic carbocycles. The van der Waals surface area contributed by atoms with E-state index in [1.807, 2.05) is 0 Å². The molecule has 28 heavy (non-hydrogen) atoms. The van der Waals surface area contributed by atoms with Crippen LogP contribution in [0, 0.1) is 17.0 Å². The van der Waals surface area contributed by atoms with Gasteiger partial charge < -0.3 is 0 Å². The first-order valence-corrected chi connectivity index (χ1v) is 8.80. The summed E-state index contributed by atoms with van der Waals surface area (Å²) in [4.78, 5) is 49.2. The van der Waals surface area contributed by atoms with Crippen molar-refractivity contribution in [2.24, 2.45) is 0 Å². The zero-order valence-electron chi connectivity index (χ0n) is 14.3. The molecule has 0 fully saturated rings. The van der Waals surface area contributed by atoms with Crippen molar-refractivity contribution in [2.75, 3.05) is 4.90 Å². The number of anilines is 1. The summed E-state index contributed by atoms with van der Waals surface area (Å²) in [5, 5.41) is 19.3. The Kier molecular flexibility index (Phi) is 4.04. The molecule has 3 aromatic rings. The Labute approximate surface area is 161 Å². The van der Waals surface area contributed by atoms with Crippen molar-refractivity contribution in [1.29, 1.82) is 0 Å². The summed E-state index contributed by atoms with van der Waals surface area (Å²) < 4.78 is 0. The molecule has 9 nitrogen and oxygen atoms in total. The van der Waals surface area contributed by atoms with Crippen LogP contribution in [0.2, 0.25) is 0 Å². The second-order valence-corrected chi connectivity index (χ2v) is 7.11. The molecule has 1 aliphatic heterocycles. The summed E-state index contributed by atoms with van der Waals surface area (Å²) in [6, 6.07) is 9.44. The molecule has 0 spiro atoms. The molecule has 0 atom stereocenters. The first-order chi connectivity index (χ1) is 13.4. The number of hydrogen-bond acceptors (Lipinski definition) is 8. The fraction of sp³-hybridized carbons (Fsp3) is 0.0556. The second-order valence-electron chi connectivity index (χ2n) is 5.95. The van der Waals surface area contributed by atoms with Crippen LogP contribution in [0.15, 0.2) is 42.5 Å². The highest BCUT2D eigenvalue weighted by atomic mass is 32.1. The highest BCUT2D eigenvalue weighted by Gasteiger charge is 2.39. The minimum absolute atomic E-state index is 0.0779. The lowest BCUT2D eigenvalue weighted by Gasteiger charge is -2.07. The van der Waals surface area contributed by atoms with Gasteiger partial charge in [-0.2, -0.15) is 0 Å². The van der Waals surface area contributed by atoms with Crippen LogP contribution in [0.25, 0.3) is 0 Å². The van der Waals surface area contributed by atoms with E-state index in [0.717, 1.165) is 16.2 Å². The standard InChI is InChI=1S/C18H10N4O5S/c1-9-19-20-18(28-9)21-16(24)13-6-5-11(8-14(13)17(21)25)15(23)10-3-2-4-12(7-10)22(26)27/h2-8H,1H3. The van der Waals surface area contributed by atoms with E-state index in [9.17, 15) is 24.5 Å². The molecule has 4 rings (SSSR count). The van der Waals surface area contributed by atoms with Gasteiger partial charge >= 0.3 is 0 Å². The lowest BCUT2D eigenvalue weighted by Crippen LogP contribution is -2.29. The molecule has 0 bridgehead atoms. The van der Waals surface area contributed by atoms with Crippen molar-refractivity contribution in [3.8, 4) is 0 Å². The van der Waals surface area contributed by atoms with Gasteiger partial charge in [0.05, 0.1) is 16.1 Å². The number of rotatable bonds is 4. The molecule has 10 heteroatoms. The minimum atomic E-state index is -0.594. The van der Waals surface area contributed by atoms with Gasteiger partial charge in [-0.05, 0) is 19.1 Å². The number of benzene rings is 2. The minimum Gasteiger partial charge on any atom is -0.289 e. The Morgan fingerprint density at radius 3 is 2.43 bits per heavy atom. The Morgan fingerprint density at radius 2 is 1.75 bits per heavy atom. The number of nitro groups is 1. The number of nitro benzene ring substituents is 1. The van der Waals surface area contributed by atoms with E-state index in [1.54, 1.807) is 6.92 Å².